The maximum Gasteiger partial charge on any atom is 0.260 e. The minimum atomic E-state index is -0.565. The number of ether oxygens (including phenoxy) is 2. The summed E-state index contributed by atoms with van der Waals surface area (Å²) in [6.07, 6.45) is 0.0438. The fourth-order valence-electron chi connectivity index (χ4n) is 2.15. The van der Waals surface area contributed by atoms with Gasteiger partial charge in [0.1, 0.15) is 5.75 Å². The van der Waals surface area contributed by atoms with Crippen LogP contribution < -0.4 is 4.74 Å². The zero-order valence-electron chi connectivity index (χ0n) is 11.7. The van der Waals surface area contributed by atoms with Crippen molar-refractivity contribution in [1.82, 2.24) is 4.90 Å². The van der Waals surface area contributed by atoms with E-state index in [4.69, 9.17) is 9.47 Å². The highest BCUT2D eigenvalue weighted by molar-refractivity contribution is 5.77. The Kier molecular flexibility index (Phi) is 5.38. The molecular formula is C15H21NO4. The Bertz CT molecular complexity index is 443. The molecule has 110 valence electrons. The van der Waals surface area contributed by atoms with Crippen LogP contribution in [0.25, 0.3) is 0 Å². The summed E-state index contributed by atoms with van der Waals surface area (Å²) in [7, 11) is 0. The van der Waals surface area contributed by atoms with Crippen molar-refractivity contribution in [2.75, 3.05) is 32.9 Å². The smallest absolute Gasteiger partial charge is 0.260 e. The summed E-state index contributed by atoms with van der Waals surface area (Å²) in [5.41, 5.74) is 0.727. The van der Waals surface area contributed by atoms with Crippen LogP contribution in [-0.2, 0) is 9.53 Å². The highest BCUT2D eigenvalue weighted by Crippen LogP contribution is 2.26. The Morgan fingerprint density at radius 3 is 2.80 bits per heavy atom. The molecule has 1 amide bonds. The number of hydrogen-bond donors (Lipinski definition) is 1. The van der Waals surface area contributed by atoms with E-state index in [0.29, 0.717) is 38.5 Å². The molecule has 0 spiro atoms. The number of amides is 1. The fraction of sp³-hybridized carbons (Fsp3) is 0.533. The summed E-state index contributed by atoms with van der Waals surface area (Å²) in [6.45, 7) is 4.28. The van der Waals surface area contributed by atoms with Gasteiger partial charge in [-0.3, -0.25) is 4.79 Å². The van der Waals surface area contributed by atoms with E-state index in [9.17, 15) is 9.90 Å². The third-order valence-corrected chi connectivity index (χ3v) is 3.38. The Labute approximate surface area is 119 Å². The molecule has 1 atom stereocenters. The molecule has 1 aromatic rings. The maximum atomic E-state index is 12.0. The standard InChI is InChI=1S/C15H21NO4/c1-2-13(17)12-5-3-4-6-14(12)20-11-15(18)16-7-9-19-10-8-16/h3-6,13,17H,2,7-11H2,1H3/t13-/m0/s1. The number of morpholine rings is 1. The van der Waals surface area contributed by atoms with Crippen LogP contribution in [-0.4, -0.2) is 48.8 Å². The molecule has 1 aromatic carbocycles. The molecule has 5 heteroatoms. The van der Waals surface area contributed by atoms with Gasteiger partial charge in [0.2, 0.25) is 0 Å². The van der Waals surface area contributed by atoms with Gasteiger partial charge < -0.3 is 19.5 Å². The zero-order valence-corrected chi connectivity index (χ0v) is 11.7. The van der Waals surface area contributed by atoms with Crippen molar-refractivity contribution in [1.29, 1.82) is 0 Å². The maximum absolute atomic E-state index is 12.0. The van der Waals surface area contributed by atoms with Crippen LogP contribution in [0.1, 0.15) is 25.0 Å². The summed E-state index contributed by atoms with van der Waals surface area (Å²) in [5.74, 6) is 0.526. The van der Waals surface area contributed by atoms with Crippen LogP contribution in [0.5, 0.6) is 5.75 Å². The van der Waals surface area contributed by atoms with Gasteiger partial charge in [0.15, 0.2) is 6.61 Å². The summed E-state index contributed by atoms with van der Waals surface area (Å²) in [6, 6.07) is 7.29. The Morgan fingerprint density at radius 1 is 1.40 bits per heavy atom. The summed E-state index contributed by atoms with van der Waals surface area (Å²) >= 11 is 0. The minimum Gasteiger partial charge on any atom is -0.483 e. The van der Waals surface area contributed by atoms with Gasteiger partial charge in [-0.05, 0) is 12.5 Å². The van der Waals surface area contributed by atoms with Gasteiger partial charge in [0.05, 0.1) is 19.3 Å². The van der Waals surface area contributed by atoms with Gasteiger partial charge in [0, 0.05) is 18.7 Å². The van der Waals surface area contributed by atoms with Gasteiger partial charge in [-0.15, -0.1) is 0 Å². The van der Waals surface area contributed by atoms with Crippen LogP contribution in [0, 0.1) is 0 Å². The lowest BCUT2D eigenvalue weighted by Gasteiger charge is -2.27. The van der Waals surface area contributed by atoms with Gasteiger partial charge in [-0.2, -0.15) is 0 Å². The number of carbonyl (C=O) groups excluding carboxylic acids is 1. The first kappa shape index (κ1) is 14.8. The van der Waals surface area contributed by atoms with Crippen LogP contribution in [0.3, 0.4) is 0 Å². The van der Waals surface area contributed by atoms with Crippen molar-refractivity contribution in [2.45, 2.75) is 19.4 Å². The first-order valence-electron chi connectivity index (χ1n) is 6.97. The quantitative estimate of drug-likeness (QED) is 0.884. The molecule has 1 aliphatic heterocycles. The van der Waals surface area contributed by atoms with Crippen molar-refractivity contribution < 1.29 is 19.4 Å². The monoisotopic (exact) mass is 279 g/mol. The molecule has 1 saturated heterocycles. The molecule has 0 aliphatic carbocycles. The molecule has 0 saturated carbocycles. The molecule has 2 rings (SSSR count). The van der Waals surface area contributed by atoms with E-state index in [0.717, 1.165) is 5.56 Å². The van der Waals surface area contributed by atoms with Gasteiger partial charge in [-0.25, -0.2) is 0 Å². The van der Waals surface area contributed by atoms with E-state index in [1.165, 1.54) is 0 Å². The molecule has 1 heterocycles. The minimum absolute atomic E-state index is 0.00650. The first-order chi connectivity index (χ1) is 9.72. The third-order valence-electron chi connectivity index (χ3n) is 3.38. The first-order valence-corrected chi connectivity index (χ1v) is 6.97. The number of aliphatic hydroxyl groups is 1. The summed E-state index contributed by atoms with van der Waals surface area (Å²) in [5, 5.41) is 9.93. The third kappa shape index (κ3) is 3.71. The van der Waals surface area contributed by atoms with E-state index in [1.54, 1.807) is 11.0 Å². The molecule has 1 fully saturated rings. The molecule has 0 unspecified atom stereocenters. The van der Waals surface area contributed by atoms with Crippen molar-refractivity contribution in [3.8, 4) is 5.75 Å². The van der Waals surface area contributed by atoms with Crippen LogP contribution in [0.4, 0.5) is 0 Å². The van der Waals surface area contributed by atoms with E-state index in [-0.39, 0.29) is 12.5 Å². The topological polar surface area (TPSA) is 59.0 Å². The zero-order chi connectivity index (χ0) is 14.4. The van der Waals surface area contributed by atoms with E-state index < -0.39 is 6.10 Å². The number of carbonyl (C=O) groups is 1. The number of benzene rings is 1. The van der Waals surface area contributed by atoms with Crippen molar-refractivity contribution >= 4 is 5.91 Å². The SMILES string of the molecule is CC[C@H](O)c1ccccc1OCC(=O)N1CCOCC1. The Balaban J connectivity index is 1.94. The second-order valence-corrected chi connectivity index (χ2v) is 4.74. The summed E-state index contributed by atoms with van der Waals surface area (Å²) in [4.78, 5) is 13.7. The van der Waals surface area contributed by atoms with Gasteiger partial charge in [0.25, 0.3) is 5.91 Å². The lowest BCUT2D eigenvalue weighted by molar-refractivity contribution is -0.137. The van der Waals surface area contributed by atoms with Crippen molar-refractivity contribution in [2.24, 2.45) is 0 Å². The van der Waals surface area contributed by atoms with Crippen molar-refractivity contribution in [3.05, 3.63) is 29.8 Å². The molecule has 1 aliphatic rings. The number of aliphatic hydroxyl groups excluding tert-OH is 1. The highest BCUT2D eigenvalue weighted by atomic mass is 16.5. The summed E-state index contributed by atoms with van der Waals surface area (Å²) < 4.78 is 10.8. The molecule has 0 aromatic heterocycles. The molecule has 0 radical (unpaired) electrons. The van der Waals surface area contributed by atoms with E-state index in [1.807, 2.05) is 25.1 Å². The Hall–Kier alpha value is -1.59. The van der Waals surface area contributed by atoms with E-state index >= 15 is 0 Å². The second kappa shape index (κ2) is 7.26. The molecule has 20 heavy (non-hydrogen) atoms. The molecule has 0 bridgehead atoms. The highest BCUT2D eigenvalue weighted by Gasteiger charge is 2.18. The second-order valence-electron chi connectivity index (χ2n) is 4.74. The van der Waals surface area contributed by atoms with Gasteiger partial charge in [-0.1, -0.05) is 25.1 Å². The fourth-order valence-corrected chi connectivity index (χ4v) is 2.15. The largest absolute Gasteiger partial charge is 0.483 e. The van der Waals surface area contributed by atoms with E-state index in [2.05, 4.69) is 0 Å². The molecule has 5 nitrogen and oxygen atoms in total. The van der Waals surface area contributed by atoms with Gasteiger partial charge >= 0.3 is 0 Å². The van der Waals surface area contributed by atoms with Crippen LogP contribution in [0.15, 0.2) is 24.3 Å². The van der Waals surface area contributed by atoms with Crippen molar-refractivity contribution in [3.63, 3.8) is 0 Å². The van der Waals surface area contributed by atoms with Crippen LogP contribution >= 0.6 is 0 Å². The Morgan fingerprint density at radius 2 is 2.10 bits per heavy atom. The number of hydrogen-bond acceptors (Lipinski definition) is 4. The van der Waals surface area contributed by atoms with Crippen LogP contribution in [0.2, 0.25) is 0 Å². The average molecular weight is 279 g/mol. The number of nitrogens with zero attached hydrogens (tertiary/aromatic N) is 1. The molecule has 1 N–H and O–H groups in total. The number of para-hydroxylation sites is 1. The lowest BCUT2D eigenvalue weighted by Crippen LogP contribution is -2.43. The predicted molar refractivity (Wildman–Crippen MR) is 74.6 cm³/mol. The number of rotatable bonds is 5. The molecular weight excluding hydrogens is 258 g/mol. The average Bonchev–Trinajstić information content (AvgIpc) is 2.53. The normalized spacial score (nSPS) is 16.8. The lowest BCUT2D eigenvalue weighted by atomic mass is 10.1. The predicted octanol–water partition coefficient (Wildman–Crippen LogP) is 1.37.